The third-order valence-corrected chi connectivity index (χ3v) is 7.94. The number of hydrogen-bond donors (Lipinski definition) is 1. The van der Waals surface area contributed by atoms with Gasteiger partial charge < -0.3 is 19.5 Å². The smallest absolute Gasteiger partial charge is 0.511 e. The average Bonchev–Trinajstić information content (AvgIpc) is 3.49. The molecule has 0 radical (unpaired) electrons. The van der Waals surface area contributed by atoms with Gasteiger partial charge in [0.25, 0.3) is 0 Å². The number of aromatic nitrogens is 1. The summed E-state index contributed by atoms with van der Waals surface area (Å²) in [5.41, 5.74) is 0.365. The van der Waals surface area contributed by atoms with Crippen molar-refractivity contribution in [3.63, 3.8) is 0 Å². The van der Waals surface area contributed by atoms with Crippen LogP contribution in [0.2, 0.25) is 0 Å². The van der Waals surface area contributed by atoms with Crippen LogP contribution >= 0.6 is 0 Å². The van der Waals surface area contributed by atoms with Crippen LogP contribution < -0.4 is 4.74 Å². The molecule has 0 bridgehead atoms. The van der Waals surface area contributed by atoms with E-state index in [1.807, 2.05) is 79.4 Å². The normalized spacial score (nSPS) is 12.5. The van der Waals surface area contributed by atoms with Crippen LogP contribution in [0.4, 0.5) is 13.2 Å². The summed E-state index contributed by atoms with van der Waals surface area (Å²) >= 11 is 0. The van der Waals surface area contributed by atoms with E-state index >= 15 is 0 Å². The van der Waals surface area contributed by atoms with Crippen LogP contribution in [0.5, 0.6) is 5.75 Å². The molecule has 2 heterocycles. The Morgan fingerprint density at radius 1 is 0.720 bits per heavy atom. The molecule has 1 N–H and O–H groups in total. The summed E-state index contributed by atoms with van der Waals surface area (Å²) in [4.78, 5) is 9.06. The zero-order valence-corrected chi connectivity index (χ0v) is 30.0. The molecule has 0 fully saturated rings. The van der Waals surface area contributed by atoms with Crippen molar-refractivity contribution in [3.8, 4) is 39.4 Å². The topological polar surface area (TPSA) is 83.0 Å². The number of rotatable bonds is 4. The van der Waals surface area contributed by atoms with E-state index in [2.05, 4.69) is 84.9 Å². The fourth-order valence-corrected chi connectivity index (χ4v) is 4.88. The molecule has 7 nitrogen and oxygen atoms in total. The monoisotopic (exact) mass is 879 g/mol. The first kappa shape index (κ1) is 38.2. The molecule has 1 aromatic heterocycles. The zero-order valence-electron chi connectivity index (χ0n) is 27.0. The van der Waals surface area contributed by atoms with Crippen molar-refractivity contribution in [1.29, 1.82) is 0 Å². The summed E-state index contributed by atoms with van der Waals surface area (Å²) in [6, 6.07) is 44.3. The number of hydrogen-bond acceptors (Lipinski definition) is 6. The van der Waals surface area contributed by atoms with E-state index in [4.69, 9.17) is 22.7 Å². The predicted molar refractivity (Wildman–Crippen MR) is 186 cm³/mol. The number of ether oxygens (including phenoxy) is 1. The van der Waals surface area contributed by atoms with Crippen LogP contribution in [0, 0.1) is 18.8 Å². The summed E-state index contributed by atoms with van der Waals surface area (Å²) in [6.07, 6.45) is 4.00. The minimum absolute atomic E-state index is 0. The molecule has 0 unspecified atom stereocenters. The van der Waals surface area contributed by atoms with Crippen molar-refractivity contribution in [1.82, 2.24) is 14.8 Å². The molecule has 0 aliphatic carbocycles. The molecule has 5 aromatic carbocycles. The second-order valence-electron chi connectivity index (χ2n) is 11.0. The summed E-state index contributed by atoms with van der Waals surface area (Å²) in [5, 5.41) is 4.68. The Labute approximate surface area is 304 Å². The molecular formula is C38H31AuF3N3O4S. The Kier molecular flexibility index (Phi) is 12.5. The number of alkyl halides is 3. The van der Waals surface area contributed by atoms with E-state index in [9.17, 15) is 13.2 Å². The van der Waals surface area contributed by atoms with Gasteiger partial charge in [-0.05, 0) is 61.1 Å². The van der Waals surface area contributed by atoms with Gasteiger partial charge in [-0.1, -0.05) is 83.6 Å². The third kappa shape index (κ3) is 9.74. The Balaban J connectivity index is 0.000000293. The minimum Gasteiger partial charge on any atom is -0.511 e. The van der Waals surface area contributed by atoms with E-state index in [-0.39, 0.29) is 22.4 Å². The fraction of sp³-hybridized carbons (Fsp3) is 0.105. The predicted octanol–water partition coefficient (Wildman–Crippen LogP) is 8.84. The number of methoxy groups -OCH3 is 1. The van der Waals surface area contributed by atoms with Gasteiger partial charge in [0.2, 0.25) is 0 Å². The molecule has 12 heteroatoms. The second-order valence-corrected chi connectivity index (χ2v) is 12.4. The SMILES string of the molecule is CN1C=CN(C)[CH-]1.COc1ccc(-c2cc(-c3[c-]cc4ccccc4c3)nc(-c3[c-]cc4ccccc4c3)c2)cc1.O=S(=O)(O)C(F)(F)F.[Au+3]. The molecule has 0 saturated carbocycles. The van der Waals surface area contributed by atoms with Gasteiger partial charge in [-0.2, -0.15) is 28.3 Å². The van der Waals surface area contributed by atoms with Crippen molar-refractivity contribution >= 4 is 31.7 Å². The quantitative estimate of drug-likeness (QED) is 0.0821. The summed E-state index contributed by atoms with van der Waals surface area (Å²) < 4.78 is 62.9. The molecule has 1 aliphatic heterocycles. The molecule has 6 aromatic rings. The van der Waals surface area contributed by atoms with Gasteiger partial charge in [-0.25, -0.2) is 0 Å². The van der Waals surface area contributed by atoms with Crippen LogP contribution in [0.15, 0.2) is 122 Å². The molecule has 0 spiro atoms. The average molecular weight is 880 g/mol. The maximum absolute atomic E-state index is 10.7. The van der Waals surface area contributed by atoms with Crippen LogP contribution in [0.3, 0.4) is 0 Å². The second kappa shape index (κ2) is 16.4. The molecule has 50 heavy (non-hydrogen) atoms. The van der Waals surface area contributed by atoms with Crippen LogP contribution in [-0.2, 0) is 32.5 Å². The summed E-state index contributed by atoms with van der Waals surface area (Å²) in [6.45, 7) is 2.00. The first-order valence-electron chi connectivity index (χ1n) is 14.8. The van der Waals surface area contributed by atoms with Crippen molar-refractivity contribution in [2.45, 2.75) is 5.51 Å². The van der Waals surface area contributed by atoms with Gasteiger partial charge in [-0.3, -0.25) is 4.55 Å². The molecule has 0 saturated heterocycles. The number of halogens is 3. The molecular weight excluding hydrogens is 848 g/mol. The Morgan fingerprint density at radius 3 is 1.50 bits per heavy atom. The van der Waals surface area contributed by atoms with Crippen LogP contribution in [0.25, 0.3) is 55.2 Å². The minimum atomic E-state index is -5.84. The number of pyridine rings is 1. The van der Waals surface area contributed by atoms with Gasteiger partial charge >= 0.3 is 38.0 Å². The van der Waals surface area contributed by atoms with Crippen molar-refractivity contribution in [2.24, 2.45) is 0 Å². The van der Waals surface area contributed by atoms with Gasteiger partial charge in [0.05, 0.1) is 7.11 Å². The largest absolute Gasteiger partial charge is 3.00 e. The van der Waals surface area contributed by atoms with Crippen LogP contribution in [-0.4, -0.2) is 54.5 Å². The van der Waals surface area contributed by atoms with Crippen molar-refractivity contribution < 1.29 is 53.3 Å². The Morgan fingerprint density at radius 2 is 1.14 bits per heavy atom. The molecule has 260 valence electrons. The Bertz CT molecular complexity index is 2110. The van der Waals surface area contributed by atoms with Crippen molar-refractivity contribution in [2.75, 3.05) is 21.2 Å². The van der Waals surface area contributed by atoms with E-state index in [0.29, 0.717) is 0 Å². The van der Waals surface area contributed by atoms with Crippen LogP contribution in [0.1, 0.15) is 0 Å². The maximum atomic E-state index is 10.7. The van der Waals surface area contributed by atoms with Crippen molar-refractivity contribution in [3.05, 3.63) is 140 Å². The van der Waals surface area contributed by atoms with Gasteiger partial charge in [-0.15, -0.1) is 58.3 Å². The van der Waals surface area contributed by atoms with E-state index in [0.717, 1.165) is 39.4 Å². The molecule has 7 rings (SSSR count). The standard InChI is InChI=1S/C32H21NO.C5H9N2.CHF3O3S.Au/c1-34-30-16-14-24(15-17-30)29-20-31(27-12-10-22-6-2-4-8-25(22)18-27)33-32(21-29)28-13-11-23-7-3-5-9-26(23)19-28;1-6-3-4-7(2)5-6;2-1(3,4)8(5,6)7;/h2-11,14-21H,1H3;3-5H,1-2H3;(H,5,6,7);/q-2;-1;;+3. The molecule has 0 atom stereocenters. The van der Waals surface area contributed by atoms with E-state index in [1.165, 1.54) is 21.5 Å². The number of nitrogens with zero attached hydrogens (tertiary/aromatic N) is 3. The summed E-state index contributed by atoms with van der Waals surface area (Å²) in [5.74, 6) is 0.837. The first-order chi connectivity index (χ1) is 23.3. The Hall–Kier alpha value is -4.65. The third-order valence-electron chi connectivity index (χ3n) is 7.35. The first-order valence-corrected chi connectivity index (χ1v) is 16.2. The van der Waals surface area contributed by atoms with E-state index < -0.39 is 15.6 Å². The molecule has 1 aliphatic rings. The zero-order chi connectivity index (χ0) is 35.2. The van der Waals surface area contributed by atoms with Gasteiger partial charge in [0.1, 0.15) is 5.75 Å². The maximum Gasteiger partial charge on any atom is 3.00 e. The van der Waals surface area contributed by atoms with E-state index in [1.54, 1.807) is 7.11 Å². The van der Waals surface area contributed by atoms with Gasteiger partial charge in [0, 0.05) is 0 Å². The number of benzene rings is 5. The number of fused-ring (bicyclic) bond motifs is 2. The molecule has 0 amide bonds. The van der Waals surface area contributed by atoms with Gasteiger partial charge in [0.15, 0.2) is 0 Å². The fourth-order valence-electron chi connectivity index (χ4n) is 4.88. The summed E-state index contributed by atoms with van der Waals surface area (Å²) in [7, 11) is -0.157.